The molecule has 0 aliphatic carbocycles. The van der Waals surface area contributed by atoms with E-state index in [0.29, 0.717) is 19.0 Å². The van der Waals surface area contributed by atoms with Crippen molar-refractivity contribution in [2.75, 3.05) is 0 Å². The van der Waals surface area contributed by atoms with Crippen molar-refractivity contribution in [1.29, 1.82) is 0 Å². The first-order valence-electron chi connectivity index (χ1n) is 5.31. The van der Waals surface area contributed by atoms with Gasteiger partial charge < -0.3 is 10.5 Å². The van der Waals surface area contributed by atoms with Crippen molar-refractivity contribution in [2.24, 2.45) is 5.73 Å². The lowest BCUT2D eigenvalue weighted by atomic mass is 10.2. The third-order valence-corrected chi connectivity index (χ3v) is 3.17. The van der Waals surface area contributed by atoms with Crippen molar-refractivity contribution in [3.8, 4) is 5.88 Å². The zero-order chi connectivity index (χ0) is 12.1. The molecule has 0 fully saturated rings. The molecule has 1 aromatic heterocycles. The van der Waals surface area contributed by atoms with Gasteiger partial charge in [-0.1, -0.05) is 40.2 Å². The van der Waals surface area contributed by atoms with E-state index in [1.165, 1.54) is 0 Å². The number of halogens is 1. The summed E-state index contributed by atoms with van der Waals surface area (Å²) < 4.78 is 6.71. The van der Waals surface area contributed by atoms with Gasteiger partial charge in [-0.3, -0.25) is 0 Å². The molecule has 1 heterocycles. The van der Waals surface area contributed by atoms with Crippen molar-refractivity contribution >= 4 is 15.9 Å². The Balaban J connectivity index is 2.10. The highest BCUT2D eigenvalue weighted by atomic mass is 79.9. The number of ether oxygens (including phenoxy) is 1. The standard InChI is InChI=1S/C13H13BrN2O/c14-12-6-2-1-4-11(12)9-17-13-10(8-15)5-3-7-16-13/h1-7H,8-9,15H2. The minimum Gasteiger partial charge on any atom is -0.473 e. The summed E-state index contributed by atoms with van der Waals surface area (Å²) >= 11 is 3.48. The zero-order valence-corrected chi connectivity index (χ0v) is 10.9. The number of nitrogens with zero attached hydrogens (tertiary/aromatic N) is 1. The lowest BCUT2D eigenvalue weighted by Crippen LogP contribution is -2.04. The van der Waals surface area contributed by atoms with E-state index in [1.807, 2.05) is 36.4 Å². The summed E-state index contributed by atoms with van der Waals surface area (Å²) in [5.74, 6) is 0.603. The second kappa shape index (κ2) is 5.80. The van der Waals surface area contributed by atoms with Crippen LogP contribution in [0.5, 0.6) is 5.88 Å². The molecule has 0 spiro atoms. The molecule has 4 heteroatoms. The van der Waals surface area contributed by atoms with Crippen LogP contribution < -0.4 is 10.5 Å². The number of hydrogen-bond donors (Lipinski definition) is 1. The van der Waals surface area contributed by atoms with Gasteiger partial charge in [0.25, 0.3) is 0 Å². The highest BCUT2D eigenvalue weighted by molar-refractivity contribution is 9.10. The number of nitrogens with two attached hydrogens (primary N) is 1. The molecule has 88 valence electrons. The first-order valence-corrected chi connectivity index (χ1v) is 6.10. The Bertz CT molecular complexity index is 502. The second-order valence-corrected chi connectivity index (χ2v) is 4.41. The van der Waals surface area contributed by atoms with Gasteiger partial charge in [0.15, 0.2) is 0 Å². The summed E-state index contributed by atoms with van der Waals surface area (Å²) in [7, 11) is 0. The average Bonchev–Trinajstić information content (AvgIpc) is 2.38. The Morgan fingerprint density at radius 1 is 1.12 bits per heavy atom. The Morgan fingerprint density at radius 3 is 2.65 bits per heavy atom. The third kappa shape index (κ3) is 3.05. The van der Waals surface area contributed by atoms with Crippen LogP contribution >= 0.6 is 15.9 Å². The van der Waals surface area contributed by atoms with Crippen LogP contribution in [0.3, 0.4) is 0 Å². The molecule has 1 aromatic carbocycles. The summed E-state index contributed by atoms with van der Waals surface area (Å²) in [5, 5.41) is 0. The lowest BCUT2D eigenvalue weighted by molar-refractivity contribution is 0.290. The maximum atomic E-state index is 5.67. The topological polar surface area (TPSA) is 48.1 Å². The molecule has 3 nitrogen and oxygen atoms in total. The van der Waals surface area contributed by atoms with E-state index in [4.69, 9.17) is 10.5 Å². The fraction of sp³-hybridized carbons (Fsp3) is 0.154. The molecule has 0 atom stereocenters. The normalized spacial score (nSPS) is 10.2. The maximum Gasteiger partial charge on any atom is 0.218 e. The number of rotatable bonds is 4. The van der Waals surface area contributed by atoms with Crippen LogP contribution in [0, 0.1) is 0 Å². The Hall–Kier alpha value is -1.39. The van der Waals surface area contributed by atoms with Crippen LogP contribution in [0.15, 0.2) is 47.1 Å². The summed E-state index contributed by atoms with van der Waals surface area (Å²) in [6.07, 6.45) is 1.70. The Kier molecular flexibility index (Phi) is 4.12. The highest BCUT2D eigenvalue weighted by Gasteiger charge is 2.04. The number of aromatic nitrogens is 1. The van der Waals surface area contributed by atoms with Gasteiger partial charge in [0.1, 0.15) is 6.61 Å². The fourth-order valence-electron chi connectivity index (χ4n) is 1.47. The van der Waals surface area contributed by atoms with Crippen LogP contribution in [0.25, 0.3) is 0 Å². The quantitative estimate of drug-likeness (QED) is 0.943. The number of pyridine rings is 1. The molecule has 2 N–H and O–H groups in total. The molecule has 0 radical (unpaired) electrons. The molecule has 17 heavy (non-hydrogen) atoms. The number of benzene rings is 1. The van der Waals surface area contributed by atoms with Crippen molar-refractivity contribution in [1.82, 2.24) is 4.98 Å². The molecule has 0 saturated heterocycles. The number of hydrogen-bond acceptors (Lipinski definition) is 3. The first-order chi connectivity index (χ1) is 8.31. The minimum atomic E-state index is 0.430. The molecule has 0 aliphatic rings. The molecular weight excluding hydrogens is 280 g/mol. The van der Waals surface area contributed by atoms with Crippen LogP contribution in [0.2, 0.25) is 0 Å². The largest absolute Gasteiger partial charge is 0.473 e. The summed E-state index contributed by atoms with van der Waals surface area (Å²) in [6.45, 7) is 0.907. The van der Waals surface area contributed by atoms with Gasteiger partial charge in [0, 0.05) is 28.3 Å². The van der Waals surface area contributed by atoms with Crippen molar-refractivity contribution < 1.29 is 4.74 Å². The predicted octanol–water partition coefficient (Wildman–Crippen LogP) is 2.88. The van der Waals surface area contributed by atoms with E-state index >= 15 is 0 Å². The van der Waals surface area contributed by atoms with E-state index in [0.717, 1.165) is 15.6 Å². The Morgan fingerprint density at radius 2 is 1.88 bits per heavy atom. The van der Waals surface area contributed by atoms with E-state index in [9.17, 15) is 0 Å². The van der Waals surface area contributed by atoms with Gasteiger partial charge in [0.05, 0.1) is 0 Å². The van der Waals surface area contributed by atoms with Crippen molar-refractivity contribution in [3.63, 3.8) is 0 Å². The van der Waals surface area contributed by atoms with Gasteiger partial charge in [-0.15, -0.1) is 0 Å². The minimum absolute atomic E-state index is 0.430. The van der Waals surface area contributed by atoms with Crippen LogP contribution in [-0.2, 0) is 13.2 Å². The van der Waals surface area contributed by atoms with Crippen LogP contribution in [0.1, 0.15) is 11.1 Å². The summed E-state index contributed by atoms with van der Waals surface area (Å²) in [4.78, 5) is 4.18. The third-order valence-electron chi connectivity index (χ3n) is 2.39. The Labute approximate surface area is 109 Å². The molecule has 0 bridgehead atoms. The van der Waals surface area contributed by atoms with Gasteiger partial charge in [-0.2, -0.15) is 0 Å². The maximum absolute atomic E-state index is 5.67. The van der Waals surface area contributed by atoms with Gasteiger partial charge in [0.2, 0.25) is 5.88 Å². The molecule has 2 rings (SSSR count). The average molecular weight is 293 g/mol. The molecule has 0 amide bonds. The van der Waals surface area contributed by atoms with Gasteiger partial charge in [-0.05, 0) is 12.1 Å². The lowest BCUT2D eigenvalue weighted by Gasteiger charge is -2.09. The van der Waals surface area contributed by atoms with Crippen LogP contribution in [0.4, 0.5) is 0 Å². The fourth-order valence-corrected chi connectivity index (χ4v) is 1.87. The molecule has 0 saturated carbocycles. The summed E-state index contributed by atoms with van der Waals surface area (Å²) in [6, 6.07) is 11.7. The molecule has 2 aromatic rings. The van der Waals surface area contributed by atoms with Crippen molar-refractivity contribution in [2.45, 2.75) is 13.2 Å². The zero-order valence-electron chi connectivity index (χ0n) is 9.27. The summed E-state index contributed by atoms with van der Waals surface area (Å²) in [5.41, 5.74) is 7.62. The second-order valence-electron chi connectivity index (χ2n) is 3.55. The highest BCUT2D eigenvalue weighted by Crippen LogP contribution is 2.19. The SMILES string of the molecule is NCc1cccnc1OCc1ccccc1Br. The van der Waals surface area contributed by atoms with E-state index < -0.39 is 0 Å². The first kappa shape index (κ1) is 12.1. The molecule has 0 aliphatic heterocycles. The van der Waals surface area contributed by atoms with E-state index in [-0.39, 0.29) is 0 Å². The molecular formula is C13H13BrN2O. The van der Waals surface area contributed by atoms with Gasteiger partial charge in [-0.25, -0.2) is 4.98 Å². The molecule has 0 unspecified atom stereocenters. The van der Waals surface area contributed by atoms with Crippen molar-refractivity contribution in [3.05, 3.63) is 58.2 Å². The monoisotopic (exact) mass is 292 g/mol. The smallest absolute Gasteiger partial charge is 0.218 e. The van der Waals surface area contributed by atoms with Crippen LogP contribution in [-0.4, -0.2) is 4.98 Å². The predicted molar refractivity (Wildman–Crippen MR) is 70.6 cm³/mol. The van der Waals surface area contributed by atoms with E-state index in [1.54, 1.807) is 6.20 Å². The van der Waals surface area contributed by atoms with Gasteiger partial charge >= 0.3 is 0 Å². The van der Waals surface area contributed by atoms with E-state index in [2.05, 4.69) is 20.9 Å².